The summed E-state index contributed by atoms with van der Waals surface area (Å²) in [5.74, 6) is -0.750. The van der Waals surface area contributed by atoms with Crippen LogP contribution in [0.1, 0.15) is 28.4 Å². The van der Waals surface area contributed by atoms with Gasteiger partial charge in [-0.1, -0.05) is 17.7 Å². The Morgan fingerprint density at radius 2 is 1.89 bits per heavy atom. The Balaban J connectivity index is 2.50. The molecular formula is C12H14O6. The molecule has 0 unspecified atom stereocenters. The molecule has 1 aromatic carbocycles. The average molecular weight is 254 g/mol. The highest BCUT2D eigenvalue weighted by atomic mass is 17.5. The van der Waals surface area contributed by atoms with Crippen molar-refractivity contribution < 1.29 is 29.1 Å². The Labute approximate surface area is 104 Å². The highest BCUT2D eigenvalue weighted by molar-refractivity contribution is 5.90. The van der Waals surface area contributed by atoms with Crippen LogP contribution in [0.5, 0.6) is 0 Å². The third-order valence-electron chi connectivity index (χ3n) is 2.09. The van der Waals surface area contributed by atoms with Gasteiger partial charge in [-0.2, -0.15) is 0 Å². The molecule has 0 saturated heterocycles. The summed E-state index contributed by atoms with van der Waals surface area (Å²) in [6, 6.07) is 5.28. The lowest BCUT2D eigenvalue weighted by molar-refractivity contribution is -0.452. The van der Waals surface area contributed by atoms with E-state index >= 15 is 0 Å². The van der Waals surface area contributed by atoms with Crippen molar-refractivity contribution in [2.45, 2.75) is 20.8 Å². The zero-order valence-electron chi connectivity index (χ0n) is 10.4. The summed E-state index contributed by atoms with van der Waals surface area (Å²) in [4.78, 5) is 30.7. The zero-order chi connectivity index (χ0) is 13.5. The van der Waals surface area contributed by atoms with E-state index in [0.29, 0.717) is 5.56 Å². The van der Waals surface area contributed by atoms with Gasteiger partial charge < -0.3 is 4.74 Å². The van der Waals surface area contributed by atoms with Crippen molar-refractivity contribution in [1.29, 1.82) is 0 Å². The van der Waals surface area contributed by atoms with Crippen LogP contribution in [-0.2, 0) is 19.6 Å². The molecule has 0 amide bonds. The van der Waals surface area contributed by atoms with Crippen molar-refractivity contribution in [2.75, 3.05) is 6.61 Å². The second-order valence-corrected chi connectivity index (χ2v) is 3.52. The van der Waals surface area contributed by atoms with Crippen LogP contribution in [0, 0.1) is 13.8 Å². The highest BCUT2D eigenvalue weighted by Gasteiger charge is 2.14. The molecule has 0 saturated carbocycles. The summed E-state index contributed by atoms with van der Waals surface area (Å²) in [6.45, 7) is 5.32. The van der Waals surface area contributed by atoms with Crippen molar-refractivity contribution >= 4 is 12.1 Å². The van der Waals surface area contributed by atoms with Gasteiger partial charge in [-0.15, -0.1) is 0 Å². The molecule has 0 aliphatic rings. The second-order valence-electron chi connectivity index (χ2n) is 3.52. The lowest BCUT2D eigenvalue weighted by Crippen LogP contribution is -2.12. The fraction of sp³-hybridized carbons (Fsp3) is 0.333. The van der Waals surface area contributed by atoms with Gasteiger partial charge in [0.15, 0.2) is 0 Å². The summed E-state index contributed by atoms with van der Waals surface area (Å²) in [5.41, 5.74) is 1.96. The minimum Gasteiger partial charge on any atom is -0.433 e. The van der Waals surface area contributed by atoms with Gasteiger partial charge in [-0.3, -0.25) is 4.89 Å². The molecule has 18 heavy (non-hydrogen) atoms. The summed E-state index contributed by atoms with van der Waals surface area (Å²) in [7, 11) is 0. The Morgan fingerprint density at radius 1 is 1.17 bits per heavy atom. The van der Waals surface area contributed by atoms with Crippen molar-refractivity contribution in [2.24, 2.45) is 0 Å². The number of rotatable bonds is 4. The van der Waals surface area contributed by atoms with Crippen LogP contribution in [0.3, 0.4) is 0 Å². The quantitative estimate of drug-likeness (QED) is 0.467. The number of carbonyl (C=O) groups is 2. The molecule has 0 atom stereocenters. The normalized spacial score (nSPS) is 9.72. The molecular weight excluding hydrogens is 240 g/mol. The number of ether oxygens (including phenoxy) is 1. The topological polar surface area (TPSA) is 71.1 Å². The van der Waals surface area contributed by atoms with Crippen LogP contribution in [-0.4, -0.2) is 18.7 Å². The van der Waals surface area contributed by atoms with Crippen molar-refractivity contribution in [3.63, 3.8) is 0 Å². The monoisotopic (exact) mass is 254 g/mol. The van der Waals surface area contributed by atoms with E-state index in [1.54, 1.807) is 26.0 Å². The average Bonchev–Trinajstić information content (AvgIpc) is 2.32. The molecule has 0 fully saturated rings. The Kier molecular flexibility index (Phi) is 5.13. The molecule has 1 rings (SSSR count). The van der Waals surface area contributed by atoms with Crippen LogP contribution < -0.4 is 0 Å². The predicted molar refractivity (Wildman–Crippen MR) is 60.5 cm³/mol. The largest absolute Gasteiger partial charge is 0.543 e. The number of carbonyl (C=O) groups excluding carboxylic acids is 2. The van der Waals surface area contributed by atoms with E-state index in [0.717, 1.165) is 11.1 Å². The molecule has 6 heteroatoms. The van der Waals surface area contributed by atoms with Crippen molar-refractivity contribution in [3.05, 3.63) is 34.9 Å². The lowest BCUT2D eigenvalue weighted by Gasteiger charge is -2.05. The first kappa shape index (κ1) is 14.0. The molecule has 6 nitrogen and oxygen atoms in total. The van der Waals surface area contributed by atoms with Gasteiger partial charge in [0.1, 0.15) is 0 Å². The van der Waals surface area contributed by atoms with Gasteiger partial charge in [0.2, 0.25) is 0 Å². The molecule has 0 radical (unpaired) electrons. The third-order valence-corrected chi connectivity index (χ3v) is 2.09. The Bertz CT molecular complexity index is 440. The van der Waals surface area contributed by atoms with E-state index in [4.69, 9.17) is 0 Å². The second kappa shape index (κ2) is 6.61. The maximum absolute atomic E-state index is 11.6. The molecule has 0 aliphatic heterocycles. The van der Waals surface area contributed by atoms with Gasteiger partial charge in [-0.25, -0.2) is 14.5 Å². The number of hydrogen-bond acceptors (Lipinski definition) is 6. The fourth-order valence-electron chi connectivity index (χ4n) is 1.22. The Morgan fingerprint density at radius 3 is 2.56 bits per heavy atom. The first-order valence-corrected chi connectivity index (χ1v) is 5.34. The Hall–Kier alpha value is -2.08. The van der Waals surface area contributed by atoms with Crippen molar-refractivity contribution in [3.8, 4) is 0 Å². The third kappa shape index (κ3) is 4.06. The summed E-state index contributed by atoms with van der Waals surface area (Å²) < 4.78 is 4.39. The van der Waals surface area contributed by atoms with Crippen molar-refractivity contribution in [1.82, 2.24) is 0 Å². The maximum atomic E-state index is 11.6. The van der Waals surface area contributed by atoms with Gasteiger partial charge in [0, 0.05) is 0 Å². The molecule has 98 valence electrons. The van der Waals surface area contributed by atoms with Crippen LogP contribution in [0.15, 0.2) is 18.2 Å². The molecule has 0 N–H and O–H groups in total. The minimum atomic E-state index is -1.08. The van der Waals surface area contributed by atoms with Gasteiger partial charge in [0.05, 0.1) is 17.2 Å². The van der Waals surface area contributed by atoms with Crippen LogP contribution in [0.25, 0.3) is 0 Å². The van der Waals surface area contributed by atoms with E-state index < -0.39 is 12.1 Å². The standard InChI is InChI=1S/C12H14O6/c1-4-15-12(14)17-18-16-11(13)10-7-8(2)5-6-9(10)3/h5-7H,4H2,1-3H3. The van der Waals surface area contributed by atoms with Crippen LogP contribution in [0.2, 0.25) is 0 Å². The van der Waals surface area contributed by atoms with E-state index in [1.165, 1.54) is 0 Å². The number of aryl methyl sites for hydroxylation is 2. The number of benzene rings is 1. The smallest absolute Gasteiger partial charge is 0.433 e. The SMILES string of the molecule is CCOC(=O)OOOC(=O)c1cc(C)ccc1C. The van der Waals surface area contributed by atoms with Gasteiger partial charge in [0.25, 0.3) is 0 Å². The van der Waals surface area contributed by atoms with Gasteiger partial charge >= 0.3 is 12.1 Å². The van der Waals surface area contributed by atoms with E-state index in [2.05, 4.69) is 19.6 Å². The van der Waals surface area contributed by atoms with E-state index in [9.17, 15) is 9.59 Å². The molecule has 0 bridgehead atoms. The lowest BCUT2D eigenvalue weighted by atomic mass is 10.1. The molecule has 0 heterocycles. The molecule has 0 aromatic heterocycles. The minimum absolute atomic E-state index is 0.132. The predicted octanol–water partition coefficient (Wildman–Crippen LogP) is 2.48. The van der Waals surface area contributed by atoms with Crippen LogP contribution >= 0.6 is 0 Å². The first-order chi connectivity index (χ1) is 8.54. The first-order valence-electron chi connectivity index (χ1n) is 5.34. The zero-order valence-corrected chi connectivity index (χ0v) is 10.4. The molecule has 0 spiro atoms. The van der Waals surface area contributed by atoms with Crippen LogP contribution in [0.4, 0.5) is 4.79 Å². The fourth-order valence-corrected chi connectivity index (χ4v) is 1.22. The summed E-state index contributed by atoms with van der Waals surface area (Å²) in [5, 5.41) is 4.03. The maximum Gasteiger partial charge on any atom is 0.543 e. The van der Waals surface area contributed by atoms with Gasteiger partial charge in [-0.05, 0) is 32.4 Å². The molecule has 0 aliphatic carbocycles. The summed E-state index contributed by atoms with van der Waals surface area (Å²) >= 11 is 0. The van der Waals surface area contributed by atoms with E-state index in [-0.39, 0.29) is 6.61 Å². The van der Waals surface area contributed by atoms with E-state index in [1.807, 2.05) is 13.0 Å². The summed E-state index contributed by atoms with van der Waals surface area (Å²) in [6.07, 6.45) is -1.08. The number of hydrogen-bond donors (Lipinski definition) is 0. The molecule has 1 aromatic rings. The highest BCUT2D eigenvalue weighted by Crippen LogP contribution is 2.12.